The molecule has 1 unspecified atom stereocenters. The van der Waals surface area contributed by atoms with Gasteiger partial charge in [-0.2, -0.15) is 0 Å². The Bertz CT molecular complexity index is 1160. The molecule has 0 spiro atoms. The van der Waals surface area contributed by atoms with E-state index in [2.05, 4.69) is 15.0 Å². The fraction of sp³-hybridized carbons (Fsp3) is 0.348. The number of aryl methyl sites for hydroxylation is 1. The molecule has 1 saturated heterocycles. The fourth-order valence-corrected chi connectivity index (χ4v) is 4.16. The lowest BCUT2D eigenvalue weighted by atomic mass is 10.0. The predicted molar refractivity (Wildman–Crippen MR) is 111 cm³/mol. The molecule has 6 nitrogen and oxygen atoms in total. The van der Waals surface area contributed by atoms with Crippen LogP contribution in [0.4, 0.5) is 13.2 Å². The Labute approximate surface area is 182 Å². The van der Waals surface area contributed by atoms with Crippen molar-refractivity contribution in [2.45, 2.75) is 26.2 Å². The van der Waals surface area contributed by atoms with E-state index in [9.17, 15) is 22.8 Å². The smallest absolute Gasteiger partial charge is 0.298 e. The molecule has 0 aliphatic carbocycles. The van der Waals surface area contributed by atoms with E-state index >= 15 is 0 Å². The summed E-state index contributed by atoms with van der Waals surface area (Å²) < 4.78 is 44.6. The largest absolute Gasteiger partial charge is 0.354 e. The van der Waals surface area contributed by atoms with Gasteiger partial charge >= 0.3 is 0 Å². The molecule has 2 heterocycles. The van der Waals surface area contributed by atoms with Crippen LogP contribution in [-0.2, 0) is 0 Å². The van der Waals surface area contributed by atoms with Crippen LogP contribution in [0.1, 0.15) is 51.4 Å². The van der Waals surface area contributed by atoms with E-state index in [0.717, 1.165) is 6.42 Å². The van der Waals surface area contributed by atoms with Crippen LogP contribution < -0.4 is 5.32 Å². The minimum absolute atomic E-state index is 0.113. The Balaban J connectivity index is 1.35. The molecule has 2 amide bonds. The summed E-state index contributed by atoms with van der Waals surface area (Å²) >= 11 is 0. The molecule has 0 radical (unpaired) electrons. The van der Waals surface area contributed by atoms with E-state index in [4.69, 9.17) is 0 Å². The van der Waals surface area contributed by atoms with Gasteiger partial charge in [0.25, 0.3) is 18.2 Å². The predicted octanol–water partition coefficient (Wildman–Crippen LogP) is 4.50. The fourth-order valence-electron chi connectivity index (χ4n) is 4.16. The molecule has 1 aliphatic heterocycles. The van der Waals surface area contributed by atoms with E-state index < -0.39 is 18.1 Å². The monoisotopic (exact) mass is 445 g/mol. The minimum atomic E-state index is -2.92. The summed E-state index contributed by atoms with van der Waals surface area (Å²) in [5.41, 5.74) is 0.340. The average Bonchev–Trinajstić information content (AvgIpc) is 3.40. The van der Waals surface area contributed by atoms with Crippen molar-refractivity contribution in [2.24, 2.45) is 5.92 Å². The van der Waals surface area contributed by atoms with Crippen LogP contribution in [0.25, 0.3) is 10.8 Å². The highest BCUT2D eigenvalue weighted by molar-refractivity contribution is 6.07. The van der Waals surface area contributed by atoms with Crippen LogP contribution in [0.15, 0.2) is 40.9 Å². The summed E-state index contributed by atoms with van der Waals surface area (Å²) in [7, 11) is 0. The highest BCUT2D eigenvalue weighted by atomic mass is 19.3. The Hall–Kier alpha value is -3.36. The zero-order valence-corrected chi connectivity index (χ0v) is 17.4. The highest BCUT2D eigenvalue weighted by Crippen LogP contribution is 2.27. The molecule has 4 rings (SSSR count). The Morgan fingerprint density at radius 1 is 1.22 bits per heavy atom. The van der Waals surface area contributed by atoms with Crippen LogP contribution >= 0.6 is 0 Å². The number of halogens is 3. The maximum absolute atomic E-state index is 14.1. The van der Waals surface area contributed by atoms with Crippen molar-refractivity contribution >= 4 is 22.6 Å². The molecule has 1 fully saturated rings. The number of carbonyl (C=O) groups is 2. The molecule has 2 aromatic carbocycles. The lowest BCUT2D eigenvalue weighted by Crippen LogP contribution is -2.30. The van der Waals surface area contributed by atoms with Crippen LogP contribution in [-0.4, -0.2) is 41.5 Å². The molecular formula is C23H22F3N3O3. The molecule has 1 aromatic heterocycles. The van der Waals surface area contributed by atoms with Crippen molar-refractivity contribution in [1.82, 2.24) is 15.4 Å². The summed E-state index contributed by atoms with van der Waals surface area (Å²) in [5, 5.41) is 7.07. The van der Waals surface area contributed by atoms with Crippen LogP contribution in [0.3, 0.4) is 0 Å². The minimum Gasteiger partial charge on any atom is -0.354 e. The van der Waals surface area contributed by atoms with Gasteiger partial charge in [0.2, 0.25) is 5.76 Å². The Morgan fingerprint density at radius 3 is 2.72 bits per heavy atom. The summed E-state index contributed by atoms with van der Waals surface area (Å²) in [4.78, 5) is 27.1. The summed E-state index contributed by atoms with van der Waals surface area (Å²) in [6.45, 7) is 2.78. The van der Waals surface area contributed by atoms with Gasteiger partial charge in [-0.15, -0.1) is 0 Å². The van der Waals surface area contributed by atoms with Crippen LogP contribution in [0, 0.1) is 18.7 Å². The van der Waals surface area contributed by atoms with Gasteiger partial charge in [0.1, 0.15) is 11.4 Å². The van der Waals surface area contributed by atoms with Crippen molar-refractivity contribution in [3.63, 3.8) is 0 Å². The lowest BCUT2D eigenvalue weighted by Gasteiger charge is -2.18. The van der Waals surface area contributed by atoms with Gasteiger partial charge in [0.15, 0.2) is 0 Å². The molecule has 1 N–H and O–H groups in total. The lowest BCUT2D eigenvalue weighted by molar-refractivity contribution is 0.0787. The third kappa shape index (κ3) is 4.19. The first-order chi connectivity index (χ1) is 15.4. The van der Waals surface area contributed by atoms with Gasteiger partial charge in [-0.3, -0.25) is 9.59 Å². The number of likely N-dealkylation sites (tertiary alicyclic amines) is 1. The number of nitrogens with one attached hydrogen (secondary N) is 1. The summed E-state index contributed by atoms with van der Waals surface area (Å²) in [6.07, 6.45) is -1.57. The standard InChI is InChI=1S/C23H22F3N3O3/c1-13-19(20(21(25)26)32-28-13)22(30)27-10-8-14-9-11-29(12-14)23(31)17-6-7-18(24)16-5-3-2-4-15(16)17/h2-7,14,21H,8-12H2,1H3,(H,27,30). The third-order valence-electron chi connectivity index (χ3n) is 5.83. The normalized spacial score (nSPS) is 16.2. The van der Waals surface area contributed by atoms with Crippen molar-refractivity contribution in [2.75, 3.05) is 19.6 Å². The molecule has 0 saturated carbocycles. The maximum Gasteiger partial charge on any atom is 0.298 e. The van der Waals surface area contributed by atoms with Crippen molar-refractivity contribution in [1.29, 1.82) is 0 Å². The van der Waals surface area contributed by atoms with E-state index in [-0.39, 0.29) is 35.4 Å². The van der Waals surface area contributed by atoms with E-state index in [1.807, 2.05) is 0 Å². The number of hydrogen-bond acceptors (Lipinski definition) is 4. The van der Waals surface area contributed by atoms with Gasteiger partial charge in [-0.1, -0.05) is 29.4 Å². The number of alkyl halides is 2. The Morgan fingerprint density at radius 2 is 1.97 bits per heavy atom. The number of carbonyl (C=O) groups excluding carboxylic acids is 2. The topological polar surface area (TPSA) is 75.4 Å². The molecule has 1 aliphatic rings. The summed E-state index contributed by atoms with van der Waals surface area (Å²) in [6, 6.07) is 9.69. The van der Waals surface area contributed by atoms with Gasteiger partial charge < -0.3 is 14.7 Å². The summed E-state index contributed by atoms with van der Waals surface area (Å²) in [5.74, 6) is -1.75. The quantitative estimate of drug-likeness (QED) is 0.607. The van der Waals surface area contributed by atoms with Crippen molar-refractivity contribution in [3.8, 4) is 0 Å². The van der Waals surface area contributed by atoms with Crippen molar-refractivity contribution < 1.29 is 27.3 Å². The van der Waals surface area contributed by atoms with Crippen molar-refractivity contribution in [3.05, 3.63) is 64.8 Å². The van der Waals surface area contributed by atoms with Crippen LogP contribution in [0.5, 0.6) is 0 Å². The molecule has 9 heteroatoms. The first-order valence-electron chi connectivity index (χ1n) is 10.4. The first kappa shape index (κ1) is 21.9. The SMILES string of the molecule is Cc1noc(C(F)F)c1C(=O)NCCC1CCN(C(=O)c2ccc(F)c3ccccc23)C1. The number of amides is 2. The average molecular weight is 445 g/mol. The number of fused-ring (bicyclic) bond motifs is 1. The molecule has 32 heavy (non-hydrogen) atoms. The van der Waals surface area contributed by atoms with E-state index in [0.29, 0.717) is 35.8 Å². The molecule has 1 atom stereocenters. The maximum atomic E-state index is 14.1. The van der Waals surface area contributed by atoms with Gasteiger partial charge in [0, 0.05) is 30.6 Å². The van der Waals surface area contributed by atoms with Crippen LogP contribution in [0.2, 0.25) is 0 Å². The molecular weight excluding hydrogens is 423 g/mol. The van der Waals surface area contributed by atoms with Gasteiger partial charge in [0.05, 0.1) is 5.69 Å². The number of benzene rings is 2. The number of rotatable bonds is 6. The number of hydrogen-bond donors (Lipinski definition) is 1. The van der Waals surface area contributed by atoms with Gasteiger partial charge in [-0.25, -0.2) is 13.2 Å². The van der Waals surface area contributed by atoms with E-state index in [1.165, 1.54) is 19.1 Å². The molecule has 0 bridgehead atoms. The second-order valence-electron chi connectivity index (χ2n) is 7.90. The highest BCUT2D eigenvalue weighted by Gasteiger charge is 2.29. The number of aromatic nitrogens is 1. The molecule has 3 aromatic rings. The second kappa shape index (κ2) is 9.02. The zero-order chi connectivity index (χ0) is 22.8. The second-order valence-corrected chi connectivity index (χ2v) is 7.90. The third-order valence-corrected chi connectivity index (χ3v) is 5.83. The first-order valence-corrected chi connectivity index (χ1v) is 10.4. The Kier molecular flexibility index (Phi) is 6.16. The molecule has 168 valence electrons. The van der Waals surface area contributed by atoms with E-state index in [1.54, 1.807) is 29.2 Å². The zero-order valence-electron chi connectivity index (χ0n) is 17.4. The van der Waals surface area contributed by atoms with Gasteiger partial charge in [-0.05, 0) is 43.2 Å². The number of nitrogens with zero attached hydrogens (tertiary/aromatic N) is 2.